The maximum absolute atomic E-state index is 13.1. The second kappa shape index (κ2) is 10.3. The Bertz CT molecular complexity index is 819. The Balaban J connectivity index is 0.000000821. The first-order chi connectivity index (χ1) is 15.8. The van der Waals surface area contributed by atoms with E-state index < -0.39 is 11.7 Å². The third-order valence-corrected chi connectivity index (χ3v) is 7.48. The van der Waals surface area contributed by atoms with E-state index in [0.717, 1.165) is 44.7 Å². The highest BCUT2D eigenvalue weighted by Crippen LogP contribution is 2.38. The average molecular weight is 470 g/mol. The smallest absolute Gasteiger partial charge is 0.397 e. The molecular formula is C24H34F3N3O3. The minimum Gasteiger partial charge on any atom is -0.397 e. The number of aromatic nitrogens is 1. The van der Waals surface area contributed by atoms with E-state index in [0.29, 0.717) is 48.1 Å². The number of nitrogens with one attached hydrogen (secondary N) is 1. The molecule has 184 valence electrons. The van der Waals surface area contributed by atoms with E-state index in [1.54, 1.807) is 11.8 Å². The van der Waals surface area contributed by atoms with Gasteiger partial charge >= 0.3 is 6.18 Å². The molecule has 2 bridgehead atoms. The second-order valence-corrected chi connectivity index (χ2v) is 9.69. The molecule has 1 saturated heterocycles. The Morgan fingerprint density at radius 2 is 1.94 bits per heavy atom. The predicted octanol–water partition coefficient (Wildman–Crippen LogP) is 3.17. The van der Waals surface area contributed by atoms with Crippen LogP contribution in [0.15, 0.2) is 12.3 Å². The van der Waals surface area contributed by atoms with Gasteiger partial charge in [-0.05, 0) is 62.5 Å². The Morgan fingerprint density at radius 1 is 1.24 bits per heavy atom. The van der Waals surface area contributed by atoms with E-state index >= 15 is 0 Å². The van der Waals surface area contributed by atoms with E-state index in [4.69, 9.17) is 9.84 Å². The molecule has 2 aliphatic heterocycles. The zero-order chi connectivity index (χ0) is 23.6. The van der Waals surface area contributed by atoms with Crippen molar-refractivity contribution in [2.45, 2.75) is 70.3 Å². The number of aliphatic hydroxyl groups excluding tert-OH is 1. The van der Waals surface area contributed by atoms with Crippen molar-refractivity contribution < 1.29 is 27.8 Å². The number of alkyl halides is 3. The molecule has 0 spiro atoms. The molecule has 4 atom stereocenters. The molecule has 0 radical (unpaired) electrons. The van der Waals surface area contributed by atoms with Crippen LogP contribution >= 0.6 is 0 Å². The molecule has 4 unspecified atom stereocenters. The fourth-order valence-corrected chi connectivity index (χ4v) is 5.85. The highest BCUT2D eigenvalue weighted by atomic mass is 19.4. The minimum absolute atomic E-state index is 0.0414. The molecule has 1 aromatic rings. The van der Waals surface area contributed by atoms with Gasteiger partial charge in [0.1, 0.15) is 0 Å². The van der Waals surface area contributed by atoms with E-state index in [1.165, 1.54) is 12.8 Å². The van der Waals surface area contributed by atoms with E-state index in [-0.39, 0.29) is 25.0 Å². The van der Waals surface area contributed by atoms with E-state index in [9.17, 15) is 18.0 Å². The number of carbonyl (C=O) groups excluding carboxylic acids is 1. The fraction of sp³-hybridized carbons (Fsp3) is 0.750. The molecule has 33 heavy (non-hydrogen) atoms. The molecular weight excluding hydrogens is 435 g/mol. The number of aliphatic hydroxyl groups is 1. The first-order valence-corrected chi connectivity index (χ1v) is 12.1. The summed E-state index contributed by atoms with van der Waals surface area (Å²) in [6.07, 6.45) is 2.09. The van der Waals surface area contributed by atoms with Crippen LogP contribution in [0.2, 0.25) is 0 Å². The highest BCUT2D eigenvalue weighted by Gasteiger charge is 2.42. The van der Waals surface area contributed by atoms with Gasteiger partial charge in [0.05, 0.1) is 18.8 Å². The summed E-state index contributed by atoms with van der Waals surface area (Å²) in [5.74, 6) is 1.22. The van der Waals surface area contributed by atoms with Gasteiger partial charge in [0.25, 0.3) is 0 Å². The van der Waals surface area contributed by atoms with Crippen molar-refractivity contribution in [2.75, 3.05) is 26.4 Å². The van der Waals surface area contributed by atoms with Gasteiger partial charge in [-0.15, -0.1) is 0 Å². The van der Waals surface area contributed by atoms with Crippen LogP contribution < -0.4 is 5.32 Å². The molecule has 5 rings (SSSR count). The highest BCUT2D eigenvalue weighted by molar-refractivity contribution is 5.79. The molecule has 1 amide bonds. The monoisotopic (exact) mass is 469 g/mol. The van der Waals surface area contributed by atoms with Crippen LogP contribution in [-0.4, -0.2) is 59.3 Å². The largest absolute Gasteiger partial charge is 0.417 e. The second-order valence-electron chi connectivity index (χ2n) is 9.69. The van der Waals surface area contributed by atoms with Crippen molar-refractivity contribution in [3.63, 3.8) is 0 Å². The van der Waals surface area contributed by atoms with Gasteiger partial charge < -0.3 is 20.1 Å². The van der Waals surface area contributed by atoms with Gasteiger partial charge in [-0.3, -0.25) is 9.78 Å². The summed E-state index contributed by atoms with van der Waals surface area (Å²) in [7, 11) is 0. The number of hydrogen-bond acceptors (Lipinski definition) is 5. The lowest BCUT2D eigenvalue weighted by atomic mass is 9.95. The standard InChI is InChI=1S/C22H28F3N3O2.C2H6O/c23-22(24,25)17-7-16-10-28(6-5-19(16)26-9-17)21(29)13-3-4-18(8-13)27-20-14-1-2-15(20)12-30-11-14;1-2-3/h7,9,13-15,18,20,27H,1-6,8,10-12H2;3H,2H2,1H3. The Morgan fingerprint density at radius 3 is 2.61 bits per heavy atom. The third-order valence-electron chi connectivity index (χ3n) is 7.48. The Hall–Kier alpha value is -1.71. The number of carbonyl (C=O) groups is 1. The van der Waals surface area contributed by atoms with Gasteiger partial charge in [-0.1, -0.05) is 0 Å². The van der Waals surface area contributed by atoms with Crippen LogP contribution in [0.4, 0.5) is 13.2 Å². The van der Waals surface area contributed by atoms with Gasteiger partial charge in [0.15, 0.2) is 0 Å². The Kier molecular flexibility index (Phi) is 7.60. The molecule has 0 aromatic carbocycles. The molecule has 1 aromatic heterocycles. The molecule has 3 fully saturated rings. The maximum atomic E-state index is 13.1. The summed E-state index contributed by atoms with van der Waals surface area (Å²) in [6, 6.07) is 2.01. The van der Waals surface area contributed by atoms with Crippen molar-refractivity contribution in [3.8, 4) is 0 Å². The lowest BCUT2D eigenvalue weighted by Crippen LogP contribution is -2.48. The number of pyridine rings is 1. The number of amides is 1. The average Bonchev–Trinajstić information content (AvgIpc) is 3.33. The number of fused-ring (bicyclic) bond motifs is 3. The number of halogens is 3. The molecule has 2 N–H and O–H groups in total. The van der Waals surface area contributed by atoms with Gasteiger partial charge in [0.2, 0.25) is 5.91 Å². The zero-order valence-corrected chi connectivity index (χ0v) is 19.1. The van der Waals surface area contributed by atoms with Crippen LogP contribution in [0.1, 0.15) is 55.8 Å². The van der Waals surface area contributed by atoms with Crippen molar-refractivity contribution in [1.82, 2.24) is 15.2 Å². The van der Waals surface area contributed by atoms with Crippen LogP contribution in [-0.2, 0) is 28.7 Å². The van der Waals surface area contributed by atoms with Crippen molar-refractivity contribution in [3.05, 3.63) is 29.1 Å². The first-order valence-electron chi connectivity index (χ1n) is 12.1. The summed E-state index contributed by atoms with van der Waals surface area (Å²) in [6.45, 7) is 4.36. The van der Waals surface area contributed by atoms with Crippen molar-refractivity contribution in [2.24, 2.45) is 17.8 Å². The normalized spacial score (nSPS) is 31.1. The summed E-state index contributed by atoms with van der Waals surface area (Å²) in [4.78, 5) is 18.8. The Labute approximate surface area is 192 Å². The molecule has 6 nitrogen and oxygen atoms in total. The number of hydrogen-bond donors (Lipinski definition) is 2. The van der Waals surface area contributed by atoms with Gasteiger partial charge in [-0.2, -0.15) is 13.2 Å². The fourth-order valence-electron chi connectivity index (χ4n) is 5.85. The first kappa shape index (κ1) is 24.4. The van der Waals surface area contributed by atoms with Crippen molar-refractivity contribution in [1.29, 1.82) is 0 Å². The molecule has 2 aliphatic carbocycles. The van der Waals surface area contributed by atoms with E-state index in [1.807, 2.05) is 0 Å². The quantitative estimate of drug-likeness (QED) is 0.712. The summed E-state index contributed by atoms with van der Waals surface area (Å²) in [5, 5.41) is 11.4. The lowest BCUT2D eigenvalue weighted by molar-refractivity contribution is -0.137. The van der Waals surface area contributed by atoms with Gasteiger partial charge in [0, 0.05) is 56.0 Å². The molecule has 3 heterocycles. The van der Waals surface area contributed by atoms with Crippen LogP contribution in [0, 0.1) is 17.8 Å². The zero-order valence-electron chi connectivity index (χ0n) is 19.1. The van der Waals surface area contributed by atoms with Gasteiger partial charge in [-0.25, -0.2) is 0 Å². The number of rotatable bonds is 3. The topological polar surface area (TPSA) is 74.7 Å². The molecule has 9 heteroatoms. The minimum atomic E-state index is -4.41. The number of ether oxygens (including phenoxy) is 1. The lowest BCUT2D eigenvalue weighted by Gasteiger charge is -2.33. The van der Waals surface area contributed by atoms with Crippen molar-refractivity contribution >= 4 is 5.91 Å². The summed E-state index contributed by atoms with van der Waals surface area (Å²) in [5.41, 5.74) is 0.454. The van der Waals surface area contributed by atoms with E-state index in [2.05, 4.69) is 10.3 Å². The third kappa shape index (κ3) is 5.52. The van der Waals surface area contributed by atoms with Crippen LogP contribution in [0.25, 0.3) is 0 Å². The molecule has 4 aliphatic rings. The van der Waals surface area contributed by atoms with Crippen LogP contribution in [0.3, 0.4) is 0 Å². The SMILES string of the molecule is CCO.O=C(C1CCC(NC2C3CCC2COC3)C1)N1CCc2ncc(C(F)(F)F)cc2C1. The maximum Gasteiger partial charge on any atom is 0.417 e. The van der Waals surface area contributed by atoms with Crippen LogP contribution in [0.5, 0.6) is 0 Å². The number of nitrogens with zero attached hydrogens (tertiary/aromatic N) is 2. The molecule has 2 saturated carbocycles. The summed E-state index contributed by atoms with van der Waals surface area (Å²) >= 11 is 0. The summed E-state index contributed by atoms with van der Waals surface area (Å²) < 4.78 is 44.7. The predicted molar refractivity (Wildman–Crippen MR) is 116 cm³/mol.